The number of furan rings is 1. The van der Waals surface area contributed by atoms with Crippen LogP contribution < -0.4 is 0 Å². The number of carbonyl (C=O) groups excluding carboxylic acids is 1. The molecule has 0 saturated heterocycles. The summed E-state index contributed by atoms with van der Waals surface area (Å²) in [6.07, 6.45) is 3.09. The van der Waals surface area contributed by atoms with Crippen molar-refractivity contribution in [3.05, 3.63) is 88.3 Å². The number of H-pyrrole nitrogens is 1. The van der Waals surface area contributed by atoms with Crippen LogP contribution in [0, 0.1) is 18.3 Å². The van der Waals surface area contributed by atoms with Crippen molar-refractivity contribution in [2.45, 2.75) is 6.92 Å². The maximum atomic E-state index is 12.8. The Morgan fingerprint density at radius 3 is 2.79 bits per heavy atom. The number of aromatic amines is 1. The molecule has 5 heteroatoms. The lowest BCUT2D eigenvalue weighted by Crippen LogP contribution is -2.00. The van der Waals surface area contributed by atoms with Crippen molar-refractivity contribution in [1.82, 2.24) is 4.98 Å². The Morgan fingerprint density at radius 2 is 2.00 bits per heavy atom. The van der Waals surface area contributed by atoms with Crippen LogP contribution >= 0.6 is 11.6 Å². The molecular weight excluding hydrogens is 372 g/mol. The number of halogens is 1. The summed E-state index contributed by atoms with van der Waals surface area (Å²) < 4.78 is 5.81. The Hall–Kier alpha value is -3.55. The maximum Gasteiger partial charge on any atom is 0.205 e. The van der Waals surface area contributed by atoms with Gasteiger partial charge in [0.05, 0.1) is 0 Å². The van der Waals surface area contributed by atoms with Crippen molar-refractivity contribution in [1.29, 1.82) is 5.26 Å². The Bertz CT molecular complexity index is 1270. The molecule has 28 heavy (non-hydrogen) atoms. The van der Waals surface area contributed by atoms with Crippen molar-refractivity contribution < 1.29 is 9.21 Å². The van der Waals surface area contributed by atoms with Gasteiger partial charge >= 0.3 is 0 Å². The second-order valence-electron chi connectivity index (χ2n) is 6.41. The molecular formula is C23H15ClN2O2. The molecule has 2 aromatic carbocycles. The predicted molar refractivity (Wildman–Crippen MR) is 110 cm³/mol. The van der Waals surface area contributed by atoms with E-state index in [9.17, 15) is 10.1 Å². The summed E-state index contributed by atoms with van der Waals surface area (Å²) in [7, 11) is 0. The van der Waals surface area contributed by atoms with Crippen LogP contribution in [0.1, 0.15) is 21.7 Å². The average Bonchev–Trinajstić information content (AvgIpc) is 3.35. The van der Waals surface area contributed by atoms with Crippen molar-refractivity contribution in [2.75, 3.05) is 0 Å². The number of rotatable bonds is 4. The fourth-order valence-corrected chi connectivity index (χ4v) is 3.21. The molecule has 4 nitrogen and oxygen atoms in total. The molecule has 0 aliphatic heterocycles. The van der Waals surface area contributed by atoms with Crippen LogP contribution in [0.4, 0.5) is 0 Å². The molecule has 2 aromatic heterocycles. The highest BCUT2D eigenvalue weighted by molar-refractivity contribution is 6.31. The zero-order valence-corrected chi connectivity index (χ0v) is 15.7. The van der Waals surface area contributed by atoms with Gasteiger partial charge in [0, 0.05) is 39.3 Å². The van der Waals surface area contributed by atoms with Gasteiger partial charge in [-0.15, -0.1) is 0 Å². The fraction of sp³-hybridized carbons (Fsp3) is 0.0435. The molecule has 0 aliphatic carbocycles. The summed E-state index contributed by atoms with van der Waals surface area (Å²) in [6, 6.07) is 18.6. The highest BCUT2D eigenvalue weighted by atomic mass is 35.5. The number of hydrogen-bond donors (Lipinski definition) is 1. The number of nitriles is 1. The van der Waals surface area contributed by atoms with Gasteiger partial charge in [0.15, 0.2) is 0 Å². The van der Waals surface area contributed by atoms with Crippen LogP contribution in [0.5, 0.6) is 0 Å². The number of allylic oxidation sites excluding steroid dienone is 1. The van der Waals surface area contributed by atoms with E-state index in [-0.39, 0.29) is 11.4 Å². The minimum absolute atomic E-state index is 0.00703. The van der Waals surface area contributed by atoms with Gasteiger partial charge in [-0.2, -0.15) is 5.26 Å². The molecule has 0 aliphatic rings. The number of hydrogen-bond acceptors (Lipinski definition) is 3. The van der Waals surface area contributed by atoms with Crippen molar-refractivity contribution in [3.8, 4) is 17.4 Å². The van der Waals surface area contributed by atoms with Crippen molar-refractivity contribution in [3.63, 3.8) is 0 Å². The van der Waals surface area contributed by atoms with Gasteiger partial charge in [-0.25, -0.2) is 0 Å². The number of nitrogens with one attached hydrogen (secondary N) is 1. The number of aryl methyl sites for hydroxylation is 1. The summed E-state index contributed by atoms with van der Waals surface area (Å²) in [6.45, 7) is 1.93. The third kappa shape index (κ3) is 3.24. The molecule has 0 fully saturated rings. The largest absolute Gasteiger partial charge is 0.457 e. The SMILES string of the molecule is Cc1ccc(-c2ccc(/C=C(\C#N)C(=O)c3c[nH]c4ccccc34)o2)cc1Cl. The van der Waals surface area contributed by atoms with E-state index in [4.69, 9.17) is 16.0 Å². The first-order chi connectivity index (χ1) is 13.6. The Balaban J connectivity index is 1.67. The highest BCUT2D eigenvalue weighted by Crippen LogP contribution is 2.28. The normalized spacial score (nSPS) is 11.5. The maximum absolute atomic E-state index is 12.8. The molecule has 0 amide bonds. The minimum atomic E-state index is -0.351. The van der Waals surface area contributed by atoms with E-state index in [0.29, 0.717) is 22.1 Å². The van der Waals surface area contributed by atoms with Crippen LogP contribution in [0.15, 0.2) is 70.8 Å². The first kappa shape index (κ1) is 17.8. The van der Waals surface area contributed by atoms with Gasteiger partial charge in [-0.05, 0) is 36.8 Å². The van der Waals surface area contributed by atoms with E-state index in [1.165, 1.54) is 6.08 Å². The van der Waals surface area contributed by atoms with E-state index in [1.807, 2.05) is 55.5 Å². The Morgan fingerprint density at radius 1 is 1.18 bits per heavy atom. The summed E-state index contributed by atoms with van der Waals surface area (Å²) in [5, 5.41) is 10.9. The van der Waals surface area contributed by atoms with E-state index in [0.717, 1.165) is 22.0 Å². The van der Waals surface area contributed by atoms with Crippen LogP contribution in [0.3, 0.4) is 0 Å². The van der Waals surface area contributed by atoms with E-state index >= 15 is 0 Å². The molecule has 0 bridgehead atoms. The lowest BCUT2D eigenvalue weighted by atomic mass is 10.0. The van der Waals surface area contributed by atoms with Crippen LogP contribution in [0.25, 0.3) is 28.3 Å². The van der Waals surface area contributed by atoms with Gasteiger partial charge < -0.3 is 9.40 Å². The van der Waals surface area contributed by atoms with Gasteiger partial charge in [-0.1, -0.05) is 41.9 Å². The summed E-state index contributed by atoms with van der Waals surface area (Å²) >= 11 is 6.18. The second-order valence-corrected chi connectivity index (χ2v) is 6.82. The number of aromatic nitrogens is 1. The first-order valence-electron chi connectivity index (χ1n) is 8.66. The van der Waals surface area contributed by atoms with Crippen molar-refractivity contribution in [2.24, 2.45) is 0 Å². The molecule has 1 N–H and O–H groups in total. The number of Topliss-reactive ketones (excluding diaryl/α,β-unsaturated/α-hetero) is 1. The number of ketones is 1. The molecule has 0 spiro atoms. The fourth-order valence-electron chi connectivity index (χ4n) is 3.03. The van der Waals surface area contributed by atoms with Gasteiger partial charge in [0.2, 0.25) is 5.78 Å². The van der Waals surface area contributed by atoms with E-state index in [1.54, 1.807) is 18.3 Å². The van der Waals surface area contributed by atoms with Crippen LogP contribution in [0.2, 0.25) is 5.02 Å². The van der Waals surface area contributed by atoms with Gasteiger partial charge in [0.1, 0.15) is 23.2 Å². The quantitative estimate of drug-likeness (QED) is 0.258. The molecule has 0 atom stereocenters. The summed E-state index contributed by atoms with van der Waals surface area (Å²) in [5.41, 5.74) is 3.12. The lowest BCUT2D eigenvalue weighted by Gasteiger charge is -2.01. The molecule has 0 unspecified atom stereocenters. The predicted octanol–water partition coefficient (Wildman–Crippen LogP) is 6.18. The molecule has 4 aromatic rings. The second kappa shape index (κ2) is 7.22. The number of nitrogens with zero attached hydrogens (tertiary/aromatic N) is 1. The average molecular weight is 387 g/mol. The zero-order valence-electron chi connectivity index (χ0n) is 15.0. The number of fused-ring (bicyclic) bond motifs is 1. The van der Waals surface area contributed by atoms with Crippen LogP contribution in [-0.2, 0) is 0 Å². The smallest absolute Gasteiger partial charge is 0.205 e. The third-order valence-corrected chi connectivity index (χ3v) is 4.98. The Labute approximate surface area is 166 Å². The third-order valence-electron chi connectivity index (χ3n) is 4.57. The van der Waals surface area contributed by atoms with Crippen LogP contribution in [-0.4, -0.2) is 10.8 Å². The summed E-state index contributed by atoms with van der Waals surface area (Å²) in [4.78, 5) is 15.9. The van der Waals surface area contributed by atoms with Gasteiger partial charge in [0.25, 0.3) is 0 Å². The minimum Gasteiger partial charge on any atom is -0.457 e. The molecule has 0 saturated carbocycles. The molecule has 4 rings (SSSR count). The first-order valence-corrected chi connectivity index (χ1v) is 9.03. The monoisotopic (exact) mass is 386 g/mol. The zero-order chi connectivity index (χ0) is 19.7. The highest BCUT2D eigenvalue weighted by Gasteiger charge is 2.17. The van der Waals surface area contributed by atoms with E-state index < -0.39 is 0 Å². The molecule has 0 radical (unpaired) electrons. The Kier molecular flexibility index (Phi) is 4.60. The molecule has 136 valence electrons. The number of carbonyl (C=O) groups is 1. The number of para-hydroxylation sites is 1. The standard InChI is InChI=1S/C23H15ClN2O2/c1-14-6-7-15(11-20(14)24)22-9-8-17(28-22)10-16(12-25)23(27)19-13-26-21-5-3-2-4-18(19)21/h2-11,13,26H,1H3/b16-10+. The van der Waals surface area contributed by atoms with Gasteiger partial charge in [-0.3, -0.25) is 4.79 Å². The summed E-state index contributed by atoms with van der Waals surface area (Å²) in [5.74, 6) is 0.692. The van der Waals surface area contributed by atoms with Crippen molar-refractivity contribution >= 4 is 34.4 Å². The number of benzene rings is 2. The topological polar surface area (TPSA) is 69.8 Å². The van der Waals surface area contributed by atoms with E-state index in [2.05, 4.69) is 4.98 Å². The lowest BCUT2D eigenvalue weighted by molar-refractivity contribution is 0.104. The molecule has 2 heterocycles.